The molecule has 0 radical (unpaired) electrons. The maximum absolute atomic E-state index is 2.36. The fourth-order valence-corrected chi connectivity index (χ4v) is 1.64. The minimum atomic E-state index is 0.782. The minimum absolute atomic E-state index is 0.782. The molecule has 13 heavy (non-hydrogen) atoms. The molecule has 1 atom stereocenters. The lowest BCUT2D eigenvalue weighted by Crippen LogP contribution is -2.28. The standard InChI is InChI=1S/C11H26N2/c1-6-8-11(13(4)5)9-7-10-12(2)3/h11H,6-10H2,1-5H3. The Kier molecular flexibility index (Phi) is 7.29. The van der Waals surface area contributed by atoms with Crippen LogP contribution in [-0.2, 0) is 0 Å². The second kappa shape index (κ2) is 7.34. The molecule has 2 nitrogen and oxygen atoms in total. The van der Waals surface area contributed by atoms with Crippen LogP contribution in [0.4, 0.5) is 0 Å². The van der Waals surface area contributed by atoms with Gasteiger partial charge in [0.05, 0.1) is 0 Å². The van der Waals surface area contributed by atoms with Gasteiger partial charge >= 0.3 is 0 Å². The summed E-state index contributed by atoms with van der Waals surface area (Å²) in [6, 6.07) is 0.782. The van der Waals surface area contributed by atoms with Crippen molar-refractivity contribution in [1.82, 2.24) is 9.80 Å². The zero-order valence-electron chi connectivity index (χ0n) is 10.0. The topological polar surface area (TPSA) is 6.48 Å². The molecule has 0 aliphatic carbocycles. The minimum Gasteiger partial charge on any atom is -0.309 e. The number of hydrogen-bond donors (Lipinski definition) is 0. The first-order valence-corrected chi connectivity index (χ1v) is 5.39. The zero-order chi connectivity index (χ0) is 10.3. The molecule has 0 rings (SSSR count). The smallest absolute Gasteiger partial charge is 0.00895 e. The predicted molar refractivity (Wildman–Crippen MR) is 60.2 cm³/mol. The molecule has 2 heteroatoms. The van der Waals surface area contributed by atoms with Crippen LogP contribution in [-0.4, -0.2) is 50.6 Å². The highest BCUT2D eigenvalue weighted by Crippen LogP contribution is 2.09. The Morgan fingerprint density at radius 2 is 1.62 bits per heavy atom. The van der Waals surface area contributed by atoms with Gasteiger partial charge in [-0.3, -0.25) is 0 Å². The first-order valence-electron chi connectivity index (χ1n) is 5.39. The van der Waals surface area contributed by atoms with E-state index < -0.39 is 0 Å². The summed E-state index contributed by atoms with van der Waals surface area (Å²) in [5, 5.41) is 0. The first-order chi connectivity index (χ1) is 6.07. The molecule has 0 aromatic heterocycles. The Bertz CT molecular complexity index is 111. The van der Waals surface area contributed by atoms with E-state index >= 15 is 0 Å². The summed E-state index contributed by atoms with van der Waals surface area (Å²) in [5.74, 6) is 0. The fourth-order valence-electron chi connectivity index (χ4n) is 1.64. The highest BCUT2D eigenvalue weighted by atomic mass is 15.1. The quantitative estimate of drug-likeness (QED) is 0.600. The van der Waals surface area contributed by atoms with Crippen molar-refractivity contribution < 1.29 is 0 Å². The lowest BCUT2D eigenvalue weighted by molar-refractivity contribution is 0.248. The summed E-state index contributed by atoms with van der Waals surface area (Å²) >= 11 is 0. The molecular formula is C11H26N2. The molecule has 0 aromatic rings. The highest BCUT2D eigenvalue weighted by molar-refractivity contribution is 4.65. The lowest BCUT2D eigenvalue weighted by Gasteiger charge is -2.24. The molecule has 80 valence electrons. The molecule has 0 fully saturated rings. The van der Waals surface area contributed by atoms with Gasteiger partial charge in [0.2, 0.25) is 0 Å². The summed E-state index contributed by atoms with van der Waals surface area (Å²) in [7, 11) is 8.67. The van der Waals surface area contributed by atoms with Crippen molar-refractivity contribution in [3.8, 4) is 0 Å². The van der Waals surface area contributed by atoms with E-state index in [1.54, 1.807) is 0 Å². The molecule has 0 bridgehead atoms. The van der Waals surface area contributed by atoms with Crippen molar-refractivity contribution in [3.05, 3.63) is 0 Å². The van der Waals surface area contributed by atoms with Gasteiger partial charge in [-0.15, -0.1) is 0 Å². The Morgan fingerprint density at radius 3 is 2.00 bits per heavy atom. The van der Waals surface area contributed by atoms with Gasteiger partial charge in [-0.2, -0.15) is 0 Å². The molecule has 1 unspecified atom stereocenters. The van der Waals surface area contributed by atoms with Crippen molar-refractivity contribution >= 4 is 0 Å². The third kappa shape index (κ3) is 7.03. The lowest BCUT2D eigenvalue weighted by atomic mass is 10.1. The van der Waals surface area contributed by atoms with Crippen molar-refractivity contribution in [2.45, 2.75) is 38.6 Å². The molecule has 0 saturated carbocycles. The summed E-state index contributed by atoms with van der Waals surface area (Å²) in [4.78, 5) is 4.62. The number of hydrogen-bond acceptors (Lipinski definition) is 2. The maximum atomic E-state index is 2.36. The van der Waals surface area contributed by atoms with Crippen LogP contribution in [0.1, 0.15) is 32.6 Å². The Morgan fingerprint density at radius 1 is 1.00 bits per heavy atom. The highest BCUT2D eigenvalue weighted by Gasteiger charge is 2.09. The SMILES string of the molecule is CCCC(CCCN(C)C)N(C)C. The van der Waals surface area contributed by atoms with E-state index in [1.165, 1.54) is 32.2 Å². The normalized spacial score (nSPS) is 14.1. The van der Waals surface area contributed by atoms with E-state index in [0.29, 0.717) is 0 Å². The average Bonchev–Trinajstić information content (AvgIpc) is 2.02. The van der Waals surface area contributed by atoms with Gasteiger partial charge in [0.25, 0.3) is 0 Å². The van der Waals surface area contributed by atoms with E-state index in [-0.39, 0.29) is 0 Å². The Hall–Kier alpha value is -0.0800. The van der Waals surface area contributed by atoms with Gasteiger partial charge in [0.15, 0.2) is 0 Å². The van der Waals surface area contributed by atoms with Gasteiger partial charge in [0.1, 0.15) is 0 Å². The maximum Gasteiger partial charge on any atom is 0.00895 e. The molecule has 0 amide bonds. The van der Waals surface area contributed by atoms with E-state index in [1.807, 2.05) is 0 Å². The second-order valence-corrected chi connectivity index (χ2v) is 4.35. The molecule has 0 aliphatic rings. The van der Waals surface area contributed by atoms with Crippen LogP contribution in [0.3, 0.4) is 0 Å². The van der Waals surface area contributed by atoms with E-state index in [4.69, 9.17) is 0 Å². The molecule has 0 spiro atoms. The third-order valence-corrected chi connectivity index (χ3v) is 2.49. The van der Waals surface area contributed by atoms with Crippen LogP contribution < -0.4 is 0 Å². The van der Waals surface area contributed by atoms with Gasteiger partial charge in [-0.25, -0.2) is 0 Å². The summed E-state index contributed by atoms with van der Waals surface area (Å²) < 4.78 is 0. The van der Waals surface area contributed by atoms with Crippen molar-refractivity contribution in [2.75, 3.05) is 34.7 Å². The van der Waals surface area contributed by atoms with Gasteiger partial charge in [-0.05, 0) is 54.0 Å². The Labute approximate surface area is 83.9 Å². The van der Waals surface area contributed by atoms with Crippen LogP contribution in [0.5, 0.6) is 0 Å². The van der Waals surface area contributed by atoms with E-state index in [2.05, 4.69) is 44.9 Å². The van der Waals surface area contributed by atoms with Crippen molar-refractivity contribution in [3.63, 3.8) is 0 Å². The van der Waals surface area contributed by atoms with Crippen LogP contribution in [0.15, 0.2) is 0 Å². The van der Waals surface area contributed by atoms with Gasteiger partial charge in [-0.1, -0.05) is 13.3 Å². The summed E-state index contributed by atoms with van der Waals surface area (Å²) in [5.41, 5.74) is 0. The van der Waals surface area contributed by atoms with E-state index in [0.717, 1.165) is 6.04 Å². The second-order valence-electron chi connectivity index (χ2n) is 4.35. The summed E-state index contributed by atoms with van der Waals surface area (Å²) in [6.45, 7) is 3.48. The zero-order valence-corrected chi connectivity index (χ0v) is 10.0. The van der Waals surface area contributed by atoms with Crippen LogP contribution in [0, 0.1) is 0 Å². The predicted octanol–water partition coefficient (Wildman–Crippen LogP) is 2.06. The van der Waals surface area contributed by atoms with Gasteiger partial charge < -0.3 is 9.80 Å². The van der Waals surface area contributed by atoms with Crippen LogP contribution in [0.2, 0.25) is 0 Å². The van der Waals surface area contributed by atoms with Crippen molar-refractivity contribution in [2.24, 2.45) is 0 Å². The molecule has 0 N–H and O–H groups in total. The fraction of sp³-hybridized carbons (Fsp3) is 1.00. The first kappa shape index (κ1) is 12.9. The number of nitrogens with zero attached hydrogens (tertiary/aromatic N) is 2. The van der Waals surface area contributed by atoms with Crippen molar-refractivity contribution in [1.29, 1.82) is 0 Å². The van der Waals surface area contributed by atoms with Crippen LogP contribution in [0.25, 0.3) is 0 Å². The molecule has 0 aliphatic heterocycles. The molecule has 0 saturated heterocycles. The van der Waals surface area contributed by atoms with Crippen LogP contribution >= 0.6 is 0 Å². The largest absolute Gasteiger partial charge is 0.309 e. The molecule has 0 aromatic carbocycles. The monoisotopic (exact) mass is 186 g/mol. The summed E-state index contributed by atoms with van der Waals surface area (Å²) in [6.07, 6.45) is 5.28. The molecule has 0 heterocycles. The average molecular weight is 186 g/mol. The number of rotatable bonds is 7. The van der Waals surface area contributed by atoms with Gasteiger partial charge in [0, 0.05) is 6.04 Å². The molecular weight excluding hydrogens is 160 g/mol. The Balaban J connectivity index is 3.57. The van der Waals surface area contributed by atoms with E-state index in [9.17, 15) is 0 Å². The third-order valence-electron chi connectivity index (χ3n) is 2.49.